The van der Waals surface area contributed by atoms with Gasteiger partial charge in [0.05, 0.1) is 6.61 Å². The molecule has 1 aliphatic rings. The van der Waals surface area contributed by atoms with Crippen molar-refractivity contribution in [2.24, 2.45) is 5.16 Å². The number of aliphatic hydroxyl groups excluding tert-OH is 1. The fraction of sp³-hybridized carbons (Fsp3) is 0.333. The number of allylic oxidation sites excluding steroid dienone is 2. The first kappa shape index (κ1) is 10.5. The Hall–Kier alpha value is -1.62. The topological polar surface area (TPSA) is 68.1 Å². The highest BCUT2D eigenvalue weighted by atomic mass is 16.6. The van der Waals surface area contributed by atoms with Gasteiger partial charge in [-0.2, -0.15) is 0 Å². The molecule has 14 heavy (non-hydrogen) atoms. The van der Waals surface area contributed by atoms with Crippen LogP contribution in [0.3, 0.4) is 0 Å². The number of oxime groups is 1. The predicted octanol–water partition coefficient (Wildman–Crippen LogP) is 0.366. The highest BCUT2D eigenvalue weighted by Crippen LogP contribution is 2.00. The van der Waals surface area contributed by atoms with Crippen LogP contribution in [0.2, 0.25) is 0 Å². The van der Waals surface area contributed by atoms with Crippen LogP contribution in [0.5, 0.6) is 0 Å². The van der Waals surface area contributed by atoms with Crippen molar-refractivity contribution in [1.29, 1.82) is 0 Å². The molecule has 0 aliphatic carbocycles. The van der Waals surface area contributed by atoms with Crippen LogP contribution < -0.4 is 0 Å². The second-order valence-electron chi connectivity index (χ2n) is 2.46. The average Bonchev–Trinajstić information content (AvgIpc) is 2.45. The fourth-order valence-electron chi connectivity index (χ4n) is 0.839. The van der Waals surface area contributed by atoms with Crippen molar-refractivity contribution < 1.29 is 19.5 Å². The van der Waals surface area contributed by atoms with Crippen molar-refractivity contribution in [3.8, 4) is 0 Å². The number of hydrogen-bond acceptors (Lipinski definition) is 5. The van der Waals surface area contributed by atoms with Crippen LogP contribution in [-0.2, 0) is 14.4 Å². The third-order valence-electron chi connectivity index (χ3n) is 1.47. The molecule has 0 saturated carbocycles. The molecule has 0 amide bonds. The number of ether oxygens (including phenoxy) is 1. The molecule has 0 aromatic rings. The predicted molar refractivity (Wildman–Crippen MR) is 49.4 cm³/mol. The van der Waals surface area contributed by atoms with E-state index in [2.05, 4.69) is 14.7 Å². The SMILES string of the molecule is CCOC(=O)C(O)C1=NOC=CC=C1. The molecular weight excluding hydrogens is 186 g/mol. The number of aliphatic hydroxyl groups is 1. The van der Waals surface area contributed by atoms with Gasteiger partial charge in [0.25, 0.3) is 0 Å². The van der Waals surface area contributed by atoms with Gasteiger partial charge in [-0.25, -0.2) is 4.79 Å². The number of esters is 1. The van der Waals surface area contributed by atoms with Crippen LogP contribution in [0.1, 0.15) is 6.92 Å². The van der Waals surface area contributed by atoms with E-state index in [0.717, 1.165) is 0 Å². The zero-order chi connectivity index (χ0) is 10.4. The third-order valence-corrected chi connectivity index (χ3v) is 1.47. The Morgan fingerprint density at radius 1 is 1.71 bits per heavy atom. The quantitative estimate of drug-likeness (QED) is 0.663. The van der Waals surface area contributed by atoms with E-state index in [1.807, 2.05) is 0 Å². The summed E-state index contributed by atoms with van der Waals surface area (Å²) in [6.45, 7) is 1.87. The van der Waals surface area contributed by atoms with Crippen molar-refractivity contribution in [2.75, 3.05) is 6.61 Å². The Morgan fingerprint density at radius 2 is 2.50 bits per heavy atom. The second kappa shape index (κ2) is 5.18. The smallest absolute Gasteiger partial charge is 0.341 e. The summed E-state index contributed by atoms with van der Waals surface area (Å²) in [4.78, 5) is 15.7. The molecule has 0 radical (unpaired) electrons. The number of carbonyl (C=O) groups excluding carboxylic acids is 1. The van der Waals surface area contributed by atoms with Gasteiger partial charge in [-0.15, -0.1) is 0 Å². The molecule has 0 bridgehead atoms. The van der Waals surface area contributed by atoms with E-state index in [9.17, 15) is 9.90 Å². The zero-order valence-electron chi connectivity index (χ0n) is 7.71. The summed E-state index contributed by atoms with van der Waals surface area (Å²) >= 11 is 0. The van der Waals surface area contributed by atoms with Gasteiger partial charge in [-0.3, -0.25) is 0 Å². The van der Waals surface area contributed by atoms with E-state index in [0.29, 0.717) is 0 Å². The first-order valence-electron chi connectivity index (χ1n) is 4.17. The van der Waals surface area contributed by atoms with Crippen molar-refractivity contribution in [3.05, 3.63) is 24.5 Å². The number of nitrogens with zero attached hydrogens (tertiary/aromatic N) is 1. The minimum Gasteiger partial charge on any atom is -0.464 e. The minimum absolute atomic E-state index is 0.119. The van der Waals surface area contributed by atoms with Crippen LogP contribution in [0.15, 0.2) is 29.6 Å². The van der Waals surface area contributed by atoms with Crippen LogP contribution in [-0.4, -0.2) is 29.5 Å². The molecule has 1 unspecified atom stereocenters. The number of carbonyl (C=O) groups is 1. The molecule has 0 spiro atoms. The van der Waals surface area contributed by atoms with E-state index in [1.165, 1.54) is 12.3 Å². The number of hydrogen-bond donors (Lipinski definition) is 1. The molecule has 1 N–H and O–H groups in total. The van der Waals surface area contributed by atoms with E-state index >= 15 is 0 Å². The van der Waals surface area contributed by atoms with Gasteiger partial charge in [0.1, 0.15) is 12.0 Å². The fourth-order valence-corrected chi connectivity index (χ4v) is 0.839. The second-order valence-corrected chi connectivity index (χ2v) is 2.46. The van der Waals surface area contributed by atoms with Gasteiger partial charge in [-0.1, -0.05) is 11.2 Å². The molecular formula is C9H11NO4. The summed E-state index contributed by atoms with van der Waals surface area (Å²) in [5.74, 6) is -0.735. The lowest BCUT2D eigenvalue weighted by molar-refractivity contribution is -0.149. The van der Waals surface area contributed by atoms with E-state index in [1.54, 1.807) is 19.1 Å². The summed E-state index contributed by atoms with van der Waals surface area (Å²) in [5.41, 5.74) is 0.119. The van der Waals surface area contributed by atoms with Crippen molar-refractivity contribution in [3.63, 3.8) is 0 Å². The van der Waals surface area contributed by atoms with Gasteiger partial charge >= 0.3 is 5.97 Å². The van der Waals surface area contributed by atoms with E-state index in [-0.39, 0.29) is 12.3 Å². The van der Waals surface area contributed by atoms with Crippen molar-refractivity contribution >= 4 is 11.7 Å². The maximum atomic E-state index is 11.1. The lowest BCUT2D eigenvalue weighted by Gasteiger charge is -2.07. The first-order valence-corrected chi connectivity index (χ1v) is 4.17. The maximum Gasteiger partial charge on any atom is 0.341 e. The zero-order valence-corrected chi connectivity index (χ0v) is 7.71. The molecule has 5 nitrogen and oxygen atoms in total. The lowest BCUT2D eigenvalue weighted by Crippen LogP contribution is -2.30. The summed E-state index contributed by atoms with van der Waals surface area (Å²) < 4.78 is 4.62. The summed E-state index contributed by atoms with van der Waals surface area (Å²) in [6, 6.07) is 0. The molecule has 0 saturated heterocycles. The van der Waals surface area contributed by atoms with Crippen LogP contribution in [0.25, 0.3) is 0 Å². The highest BCUT2D eigenvalue weighted by Gasteiger charge is 2.21. The van der Waals surface area contributed by atoms with Gasteiger partial charge in [0.15, 0.2) is 6.10 Å². The molecule has 0 fully saturated rings. The molecule has 1 atom stereocenters. The van der Waals surface area contributed by atoms with Gasteiger partial charge in [0, 0.05) is 0 Å². The van der Waals surface area contributed by atoms with Crippen molar-refractivity contribution in [1.82, 2.24) is 0 Å². The Bertz CT molecular complexity index is 293. The molecule has 0 aromatic heterocycles. The first-order chi connectivity index (χ1) is 6.75. The Kier molecular flexibility index (Phi) is 3.87. The molecule has 1 heterocycles. The Morgan fingerprint density at radius 3 is 3.21 bits per heavy atom. The minimum atomic E-state index is -1.40. The van der Waals surface area contributed by atoms with E-state index in [4.69, 9.17) is 0 Å². The number of rotatable bonds is 3. The van der Waals surface area contributed by atoms with Gasteiger partial charge in [-0.05, 0) is 19.1 Å². The largest absolute Gasteiger partial charge is 0.464 e. The van der Waals surface area contributed by atoms with Crippen molar-refractivity contribution in [2.45, 2.75) is 13.0 Å². The molecule has 0 aromatic carbocycles. The Labute approximate surface area is 81.3 Å². The maximum absolute atomic E-state index is 11.1. The molecule has 5 heteroatoms. The third kappa shape index (κ3) is 2.70. The van der Waals surface area contributed by atoms with Gasteiger partial charge in [0.2, 0.25) is 0 Å². The molecule has 1 rings (SSSR count). The van der Waals surface area contributed by atoms with Crippen LogP contribution in [0.4, 0.5) is 0 Å². The lowest BCUT2D eigenvalue weighted by atomic mass is 10.2. The normalized spacial score (nSPS) is 16.6. The summed E-state index contributed by atoms with van der Waals surface area (Å²) in [5, 5.41) is 13.0. The average molecular weight is 197 g/mol. The summed E-state index contributed by atoms with van der Waals surface area (Å²) in [6.07, 6.45) is 4.61. The van der Waals surface area contributed by atoms with Crippen LogP contribution in [0, 0.1) is 0 Å². The Balaban J connectivity index is 2.64. The molecule has 1 aliphatic heterocycles. The standard InChI is InChI=1S/C9H11NO4/c1-2-13-9(12)8(11)7-5-3-4-6-14-10-7/h3-6,8,11H,2H2,1H3. The van der Waals surface area contributed by atoms with Gasteiger partial charge < -0.3 is 14.7 Å². The molecule has 76 valence electrons. The summed E-state index contributed by atoms with van der Waals surface area (Å²) in [7, 11) is 0. The van der Waals surface area contributed by atoms with E-state index < -0.39 is 12.1 Å². The highest BCUT2D eigenvalue weighted by molar-refractivity contribution is 6.10. The monoisotopic (exact) mass is 197 g/mol. The van der Waals surface area contributed by atoms with Crippen LogP contribution >= 0.6 is 0 Å².